The molecule has 2 heterocycles. The molecule has 1 aromatic heterocycles. The third-order valence-corrected chi connectivity index (χ3v) is 6.61. The zero-order valence-electron chi connectivity index (χ0n) is 14.8. The summed E-state index contributed by atoms with van der Waals surface area (Å²) in [7, 11) is -3.50. The molecule has 8 heteroatoms. The Bertz CT molecular complexity index is 890. The molecule has 0 radical (unpaired) electrons. The van der Waals surface area contributed by atoms with E-state index < -0.39 is 10.0 Å². The number of carbonyl (C=O) groups is 1. The quantitative estimate of drug-likeness (QED) is 0.798. The van der Waals surface area contributed by atoms with Crippen LogP contribution in [0.2, 0.25) is 5.02 Å². The molecule has 1 fully saturated rings. The Kier molecular flexibility index (Phi) is 6.46. The van der Waals surface area contributed by atoms with E-state index in [2.05, 4.69) is 10.3 Å². The minimum absolute atomic E-state index is 0.115. The molecule has 0 spiro atoms. The van der Waals surface area contributed by atoms with Gasteiger partial charge in [0.2, 0.25) is 15.9 Å². The van der Waals surface area contributed by atoms with Gasteiger partial charge in [-0.2, -0.15) is 0 Å². The van der Waals surface area contributed by atoms with Crippen LogP contribution >= 0.6 is 11.6 Å². The summed E-state index contributed by atoms with van der Waals surface area (Å²) < 4.78 is 26.9. The van der Waals surface area contributed by atoms with Gasteiger partial charge in [-0.25, -0.2) is 12.7 Å². The van der Waals surface area contributed by atoms with E-state index >= 15 is 0 Å². The monoisotopic (exact) mass is 407 g/mol. The second-order valence-corrected chi connectivity index (χ2v) is 9.03. The van der Waals surface area contributed by atoms with E-state index in [1.54, 1.807) is 30.5 Å². The van der Waals surface area contributed by atoms with E-state index in [1.807, 2.05) is 18.2 Å². The molecule has 1 atom stereocenters. The van der Waals surface area contributed by atoms with Crippen molar-refractivity contribution in [3.63, 3.8) is 0 Å². The van der Waals surface area contributed by atoms with Crippen molar-refractivity contribution in [3.05, 3.63) is 64.9 Å². The molecule has 27 heavy (non-hydrogen) atoms. The molecule has 1 N–H and O–H groups in total. The van der Waals surface area contributed by atoms with Crippen LogP contribution in [0.4, 0.5) is 0 Å². The molecule has 1 amide bonds. The van der Waals surface area contributed by atoms with Gasteiger partial charge < -0.3 is 5.32 Å². The fourth-order valence-electron chi connectivity index (χ4n) is 3.16. The summed E-state index contributed by atoms with van der Waals surface area (Å²) >= 11 is 5.94. The van der Waals surface area contributed by atoms with E-state index in [-0.39, 0.29) is 24.1 Å². The second kappa shape index (κ2) is 8.82. The maximum atomic E-state index is 12.8. The first-order chi connectivity index (χ1) is 12.9. The standard InChI is InChI=1S/C19H22ClN3O3S/c20-17-7-3-5-15(11-17)14-27(25,26)23-10-4-6-16(13-23)19(24)22-12-18-8-1-2-9-21-18/h1-3,5,7-9,11,16H,4,6,10,12-14H2,(H,22,24)/t16-/m1/s1. The van der Waals surface area contributed by atoms with Crippen LogP contribution in [0, 0.1) is 5.92 Å². The molecule has 1 saturated heterocycles. The number of benzene rings is 1. The lowest BCUT2D eigenvalue weighted by Gasteiger charge is -2.31. The van der Waals surface area contributed by atoms with E-state index in [4.69, 9.17) is 11.6 Å². The summed E-state index contributed by atoms with van der Waals surface area (Å²) in [5, 5.41) is 3.36. The Morgan fingerprint density at radius 1 is 1.26 bits per heavy atom. The van der Waals surface area contributed by atoms with Gasteiger partial charge in [-0.05, 0) is 42.7 Å². The number of halogens is 1. The molecule has 0 unspecified atom stereocenters. The number of amides is 1. The molecule has 144 valence electrons. The molecular weight excluding hydrogens is 386 g/mol. The highest BCUT2D eigenvalue weighted by atomic mass is 35.5. The Morgan fingerprint density at radius 2 is 2.11 bits per heavy atom. The average Bonchev–Trinajstić information content (AvgIpc) is 2.67. The number of aromatic nitrogens is 1. The number of rotatable bonds is 6. The van der Waals surface area contributed by atoms with Crippen molar-refractivity contribution >= 4 is 27.5 Å². The van der Waals surface area contributed by atoms with Crippen molar-refractivity contribution in [1.29, 1.82) is 0 Å². The molecule has 0 saturated carbocycles. The average molecular weight is 408 g/mol. The van der Waals surface area contributed by atoms with Crippen LogP contribution in [0.3, 0.4) is 0 Å². The predicted molar refractivity (Wildman–Crippen MR) is 104 cm³/mol. The summed E-state index contributed by atoms with van der Waals surface area (Å²) in [6.45, 7) is 0.981. The van der Waals surface area contributed by atoms with Crippen LogP contribution in [0.5, 0.6) is 0 Å². The van der Waals surface area contributed by atoms with Gasteiger partial charge >= 0.3 is 0 Å². The molecule has 0 bridgehead atoms. The Morgan fingerprint density at radius 3 is 2.85 bits per heavy atom. The fraction of sp³-hybridized carbons (Fsp3) is 0.368. The number of hydrogen-bond acceptors (Lipinski definition) is 4. The number of piperidine rings is 1. The second-order valence-electron chi connectivity index (χ2n) is 6.62. The smallest absolute Gasteiger partial charge is 0.224 e. The Labute approximate surface area is 164 Å². The zero-order valence-corrected chi connectivity index (χ0v) is 16.4. The Balaban J connectivity index is 1.60. The molecule has 1 aliphatic rings. The summed E-state index contributed by atoms with van der Waals surface area (Å²) in [4.78, 5) is 16.6. The number of hydrogen-bond donors (Lipinski definition) is 1. The maximum absolute atomic E-state index is 12.8. The van der Waals surface area contributed by atoms with Gasteiger partial charge in [-0.15, -0.1) is 0 Å². The lowest BCUT2D eigenvalue weighted by molar-refractivity contribution is -0.126. The van der Waals surface area contributed by atoms with Gasteiger partial charge in [0, 0.05) is 24.3 Å². The number of pyridine rings is 1. The summed E-state index contributed by atoms with van der Waals surface area (Å²) in [6.07, 6.45) is 3.01. The highest BCUT2D eigenvalue weighted by Crippen LogP contribution is 2.22. The van der Waals surface area contributed by atoms with Crippen molar-refractivity contribution in [3.8, 4) is 0 Å². The van der Waals surface area contributed by atoms with Crippen molar-refractivity contribution in [1.82, 2.24) is 14.6 Å². The van der Waals surface area contributed by atoms with E-state index in [1.165, 1.54) is 4.31 Å². The molecule has 1 aliphatic heterocycles. The topological polar surface area (TPSA) is 79.4 Å². The predicted octanol–water partition coefficient (Wildman–Crippen LogP) is 2.59. The summed E-state index contributed by atoms with van der Waals surface area (Å²) in [5.41, 5.74) is 1.41. The van der Waals surface area contributed by atoms with E-state index in [0.717, 1.165) is 5.69 Å². The third-order valence-electron chi connectivity index (χ3n) is 4.56. The minimum atomic E-state index is -3.50. The fourth-order valence-corrected chi connectivity index (χ4v) is 4.97. The van der Waals surface area contributed by atoms with Gasteiger partial charge in [0.05, 0.1) is 23.9 Å². The zero-order chi connectivity index (χ0) is 19.3. The molecule has 1 aromatic carbocycles. The van der Waals surface area contributed by atoms with Gasteiger partial charge in [-0.1, -0.05) is 29.8 Å². The van der Waals surface area contributed by atoms with Crippen LogP contribution in [0.15, 0.2) is 48.7 Å². The normalized spacial score (nSPS) is 18.2. The SMILES string of the molecule is O=C(NCc1ccccn1)[C@@H]1CCCN(S(=O)(=O)Cc2cccc(Cl)c2)C1. The number of carbonyl (C=O) groups excluding carboxylic acids is 1. The molecular formula is C19H22ClN3O3S. The molecule has 2 aromatic rings. The van der Waals surface area contributed by atoms with Gasteiger partial charge in [-0.3, -0.25) is 9.78 Å². The van der Waals surface area contributed by atoms with Crippen LogP contribution in [-0.2, 0) is 27.1 Å². The van der Waals surface area contributed by atoms with Gasteiger partial charge in [0.25, 0.3) is 0 Å². The molecule has 6 nitrogen and oxygen atoms in total. The van der Waals surface area contributed by atoms with Crippen LogP contribution in [-0.4, -0.2) is 36.7 Å². The van der Waals surface area contributed by atoms with Crippen LogP contribution in [0.1, 0.15) is 24.1 Å². The van der Waals surface area contributed by atoms with Crippen LogP contribution < -0.4 is 5.32 Å². The largest absolute Gasteiger partial charge is 0.350 e. The maximum Gasteiger partial charge on any atom is 0.224 e. The van der Waals surface area contributed by atoms with E-state index in [9.17, 15) is 13.2 Å². The first-order valence-electron chi connectivity index (χ1n) is 8.84. The highest BCUT2D eigenvalue weighted by molar-refractivity contribution is 7.88. The van der Waals surface area contributed by atoms with Gasteiger partial charge in [0.15, 0.2) is 0 Å². The molecule has 3 rings (SSSR count). The van der Waals surface area contributed by atoms with E-state index in [0.29, 0.717) is 36.5 Å². The summed E-state index contributed by atoms with van der Waals surface area (Å²) in [6, 6.07) is 12.3. The van der Waals surface area contributed by atoms with Crippen LogP contribution in [0.25, 0.3) is 0 Å². The lowest BCUT2D eigenvalue weighted by Crippen LogP contribution is -2.45. The lowest BCUT2D eigenvalue weighted by atomic mass is 9.99. The van der Waals surface area contributed by atoms with Crippen molar-refractivity contribution in [2.75, 3.05) is 13.1 Å². The number of nitrogens with zero attached hydrogens (tertiary/aromatic N) is 2. The summed E-state index contributed by atoms with van der Waals surface area (Å²) in [5.74, 6) is -0.601. The minimum Gasteiger partial charge on any atom is -0.350 e. The third kappa shape index (κ3) is 5.51. The van der Waals surface area contributed by atoms with Gasteiger partial charge in [0.1, 0.15) is 0 Å². The number of sulfonamides is 1. The van der Waals surface area contributed by atoms with Crippen molar-refractivity contribution in [2.45, 2.75) is 25.1 Å². The van der Waals surface area contributed by atoms with Crippen molar-refractivity contribution in [2.24, 2.45) is 5.92 Å². The highest BCUT2D eigenvalue weighted by Gasteiger charge is 2.32. The number of nitrogens with one attached hydrogen (secondary N) is 1. The molecule has 0 aliphatic carbocycles. The van der Waals surface area contributed by atoms with Crippen molar-refractivity contribution < 1.29 is 13.2 Å². The Hall–Kier alpha value is -1.96. The first kappa shape index (κ1) is 19.8. The first-order valence-corrected chi connectivity index (χ1v) is 10.8.